The van der Waals surface area contributed by atoms with Crippen molar-refractivity contribution in [2.24, 2.45) is 0 Å². The molecule has 0 aliphatic carbocycles. The monoisotopic (exact) mass is 312 g/mol. The van der Waals surface area contributed by atoms with Gasteiger partial charge in [-0.25, -0.2) is 9.78 Å². The van der Waals surface area contributed by atoms with Gasteiger partial charge >= 0.3 is 11.9 Å². The van der Waals surface area contributed by atoms with Crippen molar-refractivity contribution < 1.29 is 19.1 Å². The minimum Gasteiger partial charge on any atom is -0.462 e. The van der Waals surface area contributed by atoms with Gasteiger partial charge in [0.25, 0.3) is 0 Å². The first-order valence-electron chi connectivity index (χ1n) is 6.51. The summed E-state index contributed by atoms with van der Waals surface area (Å²) in [4.78, 5) is 27.4. The lowest BCUT2D eigenvalue weighted by Gasteiger charge is -2.19. The number of thioether (sulfide) groups is 1. The van der Waals surface area contributed by atoms with E-state index < -0.39 is 11.6 Å². The van der Waals surface area contributed by atoms with Crippen molar-refractivity contribution in [1.82, 2.24) is 4.98 Å². The Morgan fingerprint density at radius 3 is 2.62 bits per heavy atom. The van der Waals surface area contributed by atoms with Gasteiger partial charge in [0.1, 0.15) is 10.6 Å². The molecule has 116 valence electrons. The Bertz CT molecular complexity index is 526. The predicted molar refractivity (Wildman–Crippen MR) is 81.2 cm³/mol. The molecule has 6 nitrogen and oxygen atoms in total. The zero-order chi connectivity index (χ0) is 16.0. The van der Waals surface area contributed by atoms with Gasteiger partial charge in [0.15, 0.2) is 0 Å². The van der Waals surface area contributed by atoms with Crippen molar-refractivity contribution in [2.45, 2.75) is 38.3 Å². The van der Waals surface area contributed by atoms with Crippen LogP contribution in [-0.2, 0) is 14.3 Å². The van der Waals surface area contributed by atoms with Crippen LogP contribution < -0.4 is 5.73 Å². The van der Waals surface area contributed by atoms with Crippen LogP contribution in [0.3, 0.4) is 0 Å². The summed E-state index contributed by atoms with van der Waals surface area (Å²) in [6.07, 6.45) is 1.46. The van der Waals surface area contributed by atoms with Crippen molar-refractivity contribution in [3.05, 3.63) is 17.8 Å². The van der Waals surface area contributed by atoms with Crippen molar-refractivity contribution in [3.63, 3.8) is 0 Å². The molecule has 0 radical (unpaired) electrons. The largest absolute Gasteiger partial charge is 0.462 e. The van der Waals surface area contributed by atoms with Gasteiger partial charge in [0.05, 0.1) is 23.6 Å². The number of nitrogens with two attached hydrogens (primary N) is 1. The third-order valence-electron chi connectivity index (χ3n) is 2.20. The first-order chi connectivity index (χ1) is 9.74. The van der Waals surface area contributed by atoms with E-state index in [9.17, 15) is 9.59 Å². The van der Waals surface area contributed by atoms with Crippen molar-refractivity contribution in [2.75, 3.05) is 18.1 Å². The second-order valence-corrected chi connectivity index (χ2v) is 6.14. The SMILES string of the molecule is CCOC(=O)c1ccnc(SCC(=O)OC(C)(C)C)c1N. The number of carbonyl (C=O) groups is 2. The van der Waals surface area contributed by atoms with E-state index >= 15 is 0 Å². The maximum Gasteiger partial charge on any atom is 0.340 e. The minimum atomic E-state index is -0.538. The molecule has 0 aromatic carbocycles. The van der Waals surface area contributed by atoms with E-state index in [0.717, 1.165) is 11.8 Å². The van der Waals surface area contributed by atoms with Crippen LogP contribution in [0.15, 0.2) is 17.3 Å². The topological polar surface area (TPSA) is 91.5 Å². The van der Waals surface area contributed by atoms with Gasteiger partial charge in [0.2, 0.25) is 0 Å². The summed E-state index contributed by atoms with van der Waals surface area (Å²) in [5.74, 6) is -0.799. The third kappa shape index (κ3) is 5.63. The fourth-order valence-electron chi connectivity index (χ4n) is 1.45. The molecule has 7 heteroatoms. The van der Waals surface area contributed by atoms with Gasteiger partial charge in [-0.3, -0.25) is 4.79 Å². The number of ether oxygens (including phenoxy) is 2. The highest BCUT2D eigenvalue weighted by atomic mass is 32.2. The lowest BCUT2D eigenvalue weighted by Crippen LogP contribution is -2.25. The molecule has 1 aromatic rings. The number of hydrogen-bond donors (Lipinski definition) is 1. The Hall–Kier alpha value is -1.76. The van der Waals surface area contributed by atoms with Gasteiger partial charge in [-0.15, -0.1) is 0 Å². The van der Waals surface area contributed by atoms with Crippen LogP contribution in [0.1, 0.15) is 38.1 Å². The fraction of sp³-hybridized carbons (Fsp3) is 0.500. The summed E-state index contributed by atoms with van der Waals surface area (Å²) in [5.41, 5.74) is 5.81. The van der Waals surface area contributed by atoms with E-state index in [0.29, 0.717) is 5.03 Å². The molecule has 0 aliphatic rings. The van der Waals surface area contributed by atoms with E-state index in [1.54, 1.807) is 27.7 Å². The molecule has 0 unspecified atom stereocenters. The third-order valence-corrected chi connectivity index (χ3v) is 3.17. The highest BCUT2D eigenvalue weighted by Crippen LogP contribution is 2.26. The normalized spacial score (nSPS) is 11.0. The maximum atomic E-state index is 11.7. The Morgan fingerprint density at radius 1 is 1.38 bits per heavy atom. The number of anilines is 1. The number of aromatic nitrogens is 1. The Kier molecular flexibility index (Phi) is 6.02. The zero-order valence-corrected chi connectivity index (χ0v) is 13.5. The summed E-state index contributed by atoms with van der Waals surface area (Å²) < 4.78 is 10.1. The average Bonchev–Trinajstić information content (AvgIpc) is 2.35. The van der Waals surface area contributed by atoms with Gasteiger partial charge in [-0.2, -0.15) is 0 Å². The van der Waals surface area contributed by atoms with Crippen LogP contribution in [0.2, 0.25) is 0 Å². The van der Waals surface area contributed by atoms with Crippen LogP contribution >= 0.6 is 11.8 Å². The smallest absolute Gasteiger partial charge is 0.340 e. The Labute approximate surface area is 128 Å². The van der Waals surface area contributed by atoms with Crippen molar-refractivity contribution in [3.8, 4) is 0 Å². The van der Waals surface area contributed by atoms with Crippen LogP contribution in [-0.4, -0.2) is 34.9 Å². The molecule has 21 heavy (non-hydrogen) atoms. The summed E-state index contributed by atoms with van der Waals surface area (Å²) in [6.45, 7) is 7.37. The summed E-state index contributed by atoms with van der Waals surface area (Å²) in [5, 5.41) is 0.409. The minimum absolute atomic E-state index is 0.0702. The fourth-order valence-corrected chi connectivity index (χ4v) is 2.17. The standard InChI is InChI=1S/C14H20N2O4S/c1-5-19-13(18)9-6-7-16-12(11(9)15)21-8-10(17)20-14(2,3)4/h6-7H,5,8,15H2,1-4H3. The first-order valence-corrected chi connectivity index (χ1v) is 7.49. The Balaban J connectivity index is 2.74. The highest BCUT2D eigenvalue weighted by Gasteiger charge is 2.19. The second kappa shape index (κ2) is 7.31. The molecule has 1 aromatic heterocycles. The van der Waals surface area contributed by atoms with E-state index in [-0.39, 0.29) is 29.6 Å². The molecule has 0 amide bonds. The number of nitrogen functional groups attached to an aromatic ring is 1. The average molecular weight is 312 g/mol. The maximum absolute atomic E-state index is 11.7. The summed E-state index contributed by atoms with van der Waals surface area (Å²) in [7, 11) is 0. The van der Waals surface area contributed by atoms with E-state index in [1.165, 1.54) is 12.3 Å². The lowest BCUT2D eigenvalue weighted by atomic mass is 10.2. The molecule has 0 fully saturated rings. The van der Waals surface area contributed by atoms with E-state index in [4.69, 9.17) is 15.2 Å². The van der Waals surface area contributed by atoms with Gasteiger partial charge in [0, 0.05) is 6.20 Å². The summed E-state index contributed by atoms with van der Waals surface area (Å²) in [6, 6.07) is 1.49. The lowest BCUT2D eigenvalue weighted by molar-refractivity contribution is -0.151. The molecule has 1 heterocycles. The molecule has 0 bridgehead atoms. The van der Waals surface area contributed by atoms with E-state index in [2.05, 4.69) is 4.98 Å². The molecule has 0 aliphatic heterocycles. The molecular formula is C14H20N2O4S. The number of esters is 2. The zero-order valence-electron chi connectivity index (χ0n) is 12.6. The molecule has 0 saturated carbocycles. The van der Waals surface area contributed by atoms with Gasteiger partial charge in [-0.1, -0.05) is 11.8 Å². The number of carbonyl (C=O) groups excluding carboxylic acids is 2. The van der Waals surface area contributed by atoms with Crippen LogP contribution in [0.5, 0.6) is 0 Å². The summed E-state index contributed by atoms with van der Waals surface area (Å²) >= 11 is 1.13. The van der Waals surface area contributed by atoms with E-state index in [1.807, 2.05) is 0 Å². The molecule has 0 saturated heterocycles. The molecule has 1 rings (SSSR count). The molecule has 0 atom stereocenters. The van der Waals surface area contributed by atoms with Gasteiger partial charge < -0.3 is 15.2 Å². The number of pyridine rings is 1. The first kappa shape index (κ1) is 17.3. The van der Waals surface area contributed by atoms with Crippen LogP contribution in [0.4, 0.5) is 5.69 Å². The quantitative estimate of drug-likeness (QED) is 0.658. The van der Waals surface area contributed by atoms with Crippen LogP contribution in [0, 0.1) is 0 Å². The molecular weight excluding hydrogens is 292 g/mol. The van der Waals surface area contributed by atoms with Crippen molar-refractivity contribution >= 4 is 29.4 Å². The predicted octanol–water partition coefficient (Wildman–Crippen LogP) is 2.27. The Morgan fingerprint density at radius 2 is 2.05 bits per heavy atom. The number of nitrogens with zero attached hydrogens (tertiary/aromatic N) is 1. The van der Waals surface area contributed by atoms with Crippen molar-refractivity contribution in [1.29, 1.82) is 0 Å². The molecule has 0 spiro atoms. The number of rotatable bonds is 5. The second-order valence-electron chi connectivity index (χ2n) is 5.17. The van der Waals surface area contributed by atoms with Gasteiger partial charge in [-0.05, 0) is 33.8 Å². The number of hydrogen-bond acceptors (Lipinski definition) is 7. The van der Waals surface area contributed by atoms with Crippen LogP contribution in [0.25, 0.3) is 0 Å². The molecule has 2 N–H and O–H groups in total. The highest BCUT2D eigenvalue weighted by molar-refractivity contribution is 8.00.